The summed E-state index contributed by atoms with van der Waals surface area (Å²) < 4.78 is 18.8. The number of rotatable bonds is 6. The largest absolute Gasteiger partial charge is 0.493 e. The number of hydrogen-bond acceptors (Lipinski definition) is 2. The highest BCUT2D eigenvalue weighted by Gasteiger charge is 2.04. The van der Waals surface area contributed by atoms with E-state index in [0.717, 1.165) is 17.6 Å². The molecule has 1 atom stereocenters. The van der Waals surface area contributed by atoms with Gasteiger partial charge >= 0.3 is 0 Å². The monoisotopic (exact) mass is 237 g/mol. The third kappa shape index (κ3) is 5.50. The average Bonchev–Trinajstić information content (AvgIpc) is 2.14. The molecule has 0 saturated carbocycles. The average molecular weight is 237 g/mol. The van der Waals surface area contributed by atoms with E-state index in [1.54, 1.807) is 0 Å². The van der Waals surface area contributed by atoms with Gasteiger partial charge < -0.3 is 10.5 Å². The molecule has 0 saturated heterocycles. The summed E-state index contributed by atoms with van der Waals surface area (Å²) in [6.07, 6.45) is 1.42. The molecule has 0 aliphatic carbocycles. The number of benzene rings is 1. The van der Waals surface area contributed by atoms with Crippen molar-refractivity contribution in [2.24, 2.45) is 5.73 Å². The van der Waals surface area contributed by atoms with E-state index in [2.05, 4.69) is 6.58 Å². The van der Waals surface area contributed by atoms with Crippen molar-refractivity contribution < 1.29 is 9.13 Å². The van der Waals surface area contributed by atoms with Crippen LogP contribution in [0.2, 0.25) is 0 Å². The van der Waals surface area contributed by atoms with Gasteiger partial charge in [0.1, 0.15) is 11.6 Å². The van der Waals surface area contributed by atoms with E-state index in [-0.39, 0.29) is 11.9 Å². The predicted octanol–water partition coefficient (Wildman–Crippen LogP) is 3.06. The Morgan fingerprint density at radius 2 is 2.18 bits per heavy atom. The van der Waals surface area contributed by atoms with E-state index < -0.39 is 0 Å². The lowest BCUT2D eigenvalue weighted by Crippen LogP contribution is -2.17. The highest BCUT2D eigenvalue weighted by atomic mass is 19.1. The van der Waals surface area contributed by atoms with Crippen molar-refractivity contribution in [2.45, 2.75) is 32.7 Å². The molecule has 0 heterocycles. The van der Waals surface area contributed by atoms with Crippen LogP contribution in [0, 0.1) is 5.82 Å². The van der Waals surface area contributed by atoms with E-state index in [4.69, 9.17) is 10.5 Å². The molecule has 0 aromatic heterocycles. The molecule has 0 spiro atoms. The van der Waals surface area contributed by atoms with Gasteiger partial charge in [-0.3, -0.25) is 0 Å². The molecule has 1 aromatic carbocycles. The summed E-state index contributed by atoms with van der Waals surface area (Å²) in [6, 6.07) is 4.74. The standard InChI is InChI=1S/C14H20FNO/c1-10(2)4-5-17-14-8-12(6-11(3)16)7-13(15)9-14/h7-9,11H,1,4-6,16H2,2-3H3. The van der Waals surface area contributed by atoms with Crippen LogP contribution in [-0.4, -0.2) is 12.6 Å². The lowest BCUT2D eigenvalue weighted by Gasteiger charge is -2.10. The highest BCUT2D eigenvalue weighted by molar-refractivity contribution is 5.30. The van der Waals surface area contributed by atoms with Crippen molar-refractivity contribution in [3.8, 4) is 5.75 Å². The van der Waals surface area contributed by atoms with Crippen molar-refractivity contribution in [2.75, 3.05) is 6.61 Å². The van der Waals surface area contributed by atoms with Crippen LogP contribution in [-0.2, 0) is 6.42 Å². The van der Waals surface area contributed by atoms with Gasteiger partial charge in [-0.2, -0.15) is 0 Å². The topological polar surface area (TPSA) is 35.2 Å². The van der Waals surface area contributed by atoms with Crippen molar-refractivity contribution in [3.63, 3.8) is 0 Å². The summed E-state index contributed by atoms with van der Waals surface area (Å²) in [4.78, 5) is 0. The van der Waals surface area contributed by atoms with Gasteiger partial charge in [-0.15, -0.1) is 6.58 Å². The Hall–Kier alpha value is -1.35. The molecule has 1 rings (SSSR count). The fourth-order valence-corrected chi connectivity index (χ4v) is 1.54. The van der Waals surface area contributed by atoms with E-state index in [1.807, 2.05) is 19.9 Å². The molecule has 0 amide bonds. The van der Waals surface area contributed by atoms with Crippen LogP contribution >= 0.6 is 0 Å². The minimum absolute atomic E-state index is 0.0140. The fourth-order valence-electron chi connectivity index (χ4n) is 1.54. The quantitative estimate of drug-likeness (QED) is 0.772. The van der Waals surface area contributed by atoms with E-state index in [0.29, 0.717) is 18.8 Å². The van der Waals surface area contributed by atoms with Crippen LogP contribution in [0.15, 0.2) is 30.4 Å². The second-order valence-corrected chi connectivity index (χ2v) is 4.53. The van der Waals surface area contributed by atoms with Gasteiger partial charge in [0.05, 0.1) is 6.61 Å². The summed E-state index contributed by atoms with van der Waals surface area (Å²) in [5.74, 6) is 0.273. The summed E-state index contributed by atoms with van der Waals surface area (Å²) in [5, 5.41) is 0. The lowest BCUT2D eigenvalue weighted by molar-refractivity contribution is 0.319. The maximum Gasteiger partial charge on any atom is 0.127 e. The molecule has 2 nitrogen and oxygen atoms in total. The lowest BCUT2D eigenvalue weighted by atomic mass is 10.1. The van der Waals surface area contributed by atoms with Crippen LogP contribution in [0.5, 0.6) is 5.75 Å². The van der Waals surface area contributed by atoms with Gasteiger partial charge in [0, 0.05) is 18.5 Å². The number of hydrogen-bond donors (Lipinski definition) is 1. The minimum Gasteiger partial charge on any atom is -0.493 e. The molecular weight excluding hydrogens is 217 g/mol. The molecule has 0 aliphatic heterocycles. The van der Waals surface area contributed by atoms with Crippen LogP contribution in [0.3, 0.4) is 0 Å². The minimum atomic E-state index is -0.284. The molecule has 2 N–H and O–H groups in total. The van der Waals surface area contributed by atoms with Gasteiger partial charge in [-0.05, 0) is 38.0 Å². The summed E-state index contributed by atoms with van der Waals surface area (Å²) in [5.41, 5.74) is 7.61. The molecule has 0 bridgehead atoms. The maximum absolute atomic E-state index is 13.3. The number of halogens is 1. The molecule has 17 heavy (non-hydrogen) atoms. The second kappa shape index (κ2) is 6.40. The molecule has 0 fully saturated rings. The number of nitrogens with two attached hydrogens (primary N) is 1. The molecule has 3 heteroatoms. The van der Waals surface area contributed by atoms with E-state index in [9.17, 15) is 4.39 Å². The zero-order valence-electron chi connectivity index (χ0n) is 10.5. The molecule has 1 unspecified atom stereocenters. The SMILES string of the molecule is C=C(C)CCOc1cc(F)cc(CC(C)N)c1. The summed E-state index contributed by atoms with van der Waals surface area (Å²) in [6.45, 7) is 8.15. The second-order valence-electron chi connectivity index (χ2n) is 4.53. The predicted molar refractivity (Wildman–Crippen MR) is 68.7 cm³/mol. The zero-order valence-corrected chi connectivity index (χ0v) is 10.5. The van der Waals surface area contributed by atoms with Crippen molar-refractivity contribution in [1.82, 2.24) is 0 Å². The summed E-state index contributed by atoms with van der Waals surface area (Å²) >= 11 is 0. The molecule has 0 radical (unpaired) electrons. The first-order chi connectivity index (χ1) is 7.97. The first-order valence-electron chi connectivity index (χ1n) is 5.79. The van der Waals surface area contributed by atoms with Crippen LogP contribution in [0.25, 0.3) is 0 Å². The first-order valence-corrected chi connectivity index (χ1v) is 5.79. The molecule has 1 aromatic rings. The van der Waals surface area contributed by atoms with Crippen molar-refractivity contribution in [3.05, 3.63) is 41.7 Å². The first kappa shape index (κ1) is 13.7. The third-order valence-electron chi connectivity index (χ3n) is 2.29. The Bertz CT molecular complexity index is 388. The van der Waals surface area contributed by atoms with Crippen LogP contribution in [0.4, 0.5) is 4.39 Å². The van der Waals surface area contributed by atoms with E-state index in [1.165, 1.54) is 12.1 Å². The van der Waals surface area contributed by atoms with Gasteiger partial charge in [0.15, 0.2) is 0 Å². The Morgan fingerprint density at radius 1 is 1.47 bits per heavy atom. The molecular formula is C14H20FNO. The van der Waals surface area contributed by atoms with Gasteiger partial charge in [-0.1, -0.05) is 5.57 Å². The van der Waals surface area contributed by atoms with Crippen molar-refractivity contribution in [1.29, 1.82) is 0 Å². The normalized spacial score (nSPS) is 12.2. The maximum atomic E-state index is 13.3. The van der Waals surface area contributed by atoms with Gasteiger partial charge in [-0.25, -0.2) is 4.39 Å². The Labute approximate surface area is 102 Å². The van der Waals surface area contributed by atoms with Crippen LogP contribution < -0.4 is 10.5 Å². The van der Waals surface area contributed by atoms with Gasteiger partial charge in [0.25, 0.3) is 0 Å². The smallest absolute Gasteiger partial charge is 0.127 e. The summed E-state index contributed by atoms with van der Waals surface area (Å²) in [7, 11) is 0. The third-order valence-corrected chi connectivity index (χ3v) is 2.29. The highest BCUT2D eigenvalue weighted by Crippen LogP contribution is 2.18. The van der Waals surface area contributed by atoms with Crippen LogP contribution in [0.1, 0.15) is 25.8 Å². The Kier molecular flexibility index (Phi) is 5.16. The molecule has 94 valence electrons. The zero-order chi connectivity index (χ0) is 12.8. The Balaban J connectivity index is 2.65. The fraction of sp³-hybridized carbons (Fsp3) is 0.429. The Morgan fingerprint density at radius 3 is 2.76 bits per heavy atom. The number of ether oxygens (including phenoxy) is 1. The molecule has 0 aliphatic rings. The van der Waals surface area contributed by atoms with E-state index >= 15 is 0 Å². The van der Waals surface area contributed by atoms with Gasteiger partial charge in [0.2, 0.25) is 0 Å². The van der Waals surface area contributed by atoms with Crippen molar-refractivity contribution >= 4 is 0 Å².